The summed E-state index contributed by atoms with van der Waals surface area (Å²) in [6, 6.07) is 8.07. The summed E-state index contributed by atoms with van der Waals surface area (Å²) in [5.41, 5.74) is 2.26. The molecule has 0 saturated carbocycles. The van der Waals surface area contributed by atoms with E-state index >= 15 is 0 Å². The van der Waals surface area contributed by atoms with E-state index < -0.39 is 0 Å². The summed E-state index contributed by atoms with van der Waals surface area (Å²) >= 11 is 0. The fraction of sp³-hybridized carbons (Fsp3) is 0.600. The molecule has 1 aromatic rings. The van der Waals surface area contributed by atoms with Crippen molar-refractivity contribution in [3.63, 3.8) is 0 Å². The Morgan fingerprint density at radius 2 is 2.21 bits per heavy atom. The fourth-order valence-corrected chi connectivity index (χ4v) is 3.44. The van der Waals surface area contributed by atoms with Gasteiger partial charge in [0, 0.05) is 39.0 Å². The molecule has 2 aliphatic rings. The van der Waals surface area contributed by atoms with Gasteiger partial charge in [-0.05, 0) is 37.3 Å². The number of nitrogens with zero attached hydrogens (tertiary/aromatic N) is 2. The molecule has 1 atom stereocenters. The van der Waals surface area contributed by atoms with Crippen LogP contribution in [-0.2, 0) is 20.7 Å². The van der Waals surface area contributed by atoms with Crippen LogP contribution in [0.4, 0.5) is 5.69 Å². The smallest absolute Gasteiger partial charge is 0.246 e. The molecule has 8 heteroatoms. The number of benzene rings is 1. The predicted octanol–water partition coefficient (Wildman–Crippen LogP) is 1.94. The average molecular weight is 502 g/mol. The number of fused-ring (bicyclic) bond motifs is 1. The van der Waals surface area contributed by atoms with Crippen LogP contribution >= 0.6 is 24.0 Å². The van der Waals surface area contributed by atoms with Gasteiger partial charge >= 0.3 is 0 Å². The van der Waals surface area contributed by atoms with Crippen LogP contribution < -0.4 is 15.5 Å². The number of halogens is 1. The summed E-state index contributed by atoms with van der Waals surface area (Å²) in [6.07, 6.45) is 4.31. The zero-order chi connectivity index (χ0) is 18.9. The van der Waals surface area contributed by atoms with Crippen molar-refractivity contribution in [3.05, 3.63) is 29.8 Å². The normalized spacial score (nSPS) is 18.5. The van der Waals surface area contributed by atoms with Crippen molar-refractivity contribution in [1.82, 2.24) is 10.6 Å². The number of amides is 1. The Kier molecular flexibility index (Phi) is 10.0. The minimum absolute atomic E-state index is 0. The van der Waals surface area contributed by atoms with Crippen molar-refractivity contribution in [2.24, 2.45) is 4.99 Å². The van der Waals surface area contributed by atoms with E-state index in [1.165, 1.54) is 5.56 Å². The number of para-hydroxylation sites is 1. The van der Waals surface area contributed by atoms with Crippen molar-refractivity contribution in [3.8, 4) is 0 Å². The van der Waals surface area contributed by atoms with Gasteiger partial charge in [-0.25, -0.2) is 0 Å². The molecule has 1 fully saturated rings. The first-order chi connectivity index (χ1) is 13.3. The van der Waals surface area contributed by atoms with Gasteiger partial charge in [0.1, 0.15) is 0 Å². The van der Waals surface area contributed by atoms with Gasteiger partial charge in [0.15, 0.2) is 5.96 Å². The summed E-state index contributed by atoms with van der Waals surface area (Å²) < 4.78 is 11.2. The highest BCUT2D eigenvalue weighted by Gasteiger charge is 2.23. The third kappa shape index (κ3) is 6.59. The highest BCUT2D eigenvalue weighted by molar-refractivity contribution is 14.0. The second-order valence-corrected chi connectivity index (χ2v) is 6.84. The molecular formula is C20H31IN4O3. The number of carbonyl (C=O) groups excluding carboxylic acids is 1. The van der Waals surface area contributed by atoms with Gasteiger partial charge in [-0.1, -0.05) is 18.2 Å². The zero-order valence-corrected chi connectivity index (χ0v) is 18.8. The maximum Gasteiger partial charge on any atom is 0.246 e. The van der Waals surface area contributed by atoms with Crippen LogP contribution in [0.5, 0.6) is 0 Å². The van der Waals surface area contributed by atoms with Gasteiger partial charge in [0.25, 0.3) is 0 Å². The number of guanidine groups is 1. The van der Waals surface area contributed by atoms with Crippen LogP contribution in [-0.4, -0.2) is 64.5 Å². The molecule has 7 nitrogen and oxygen atoms in total. The Morgan fingerprint density at radius 1 is 1.36 bits per heavy atom. The molecule has 28 heavy (non-hydrogen) atoms. The molecule has 1 saturated heterocycles. The molecule has 0 aliphatic carbocycles. The SMILES string of the molecule is CN=C(NCCCOCC1CCCO1)NCC(=O)N1CCc2ccccc21.I. The molecule has 0 spiro atoms. The number of nitrogens with one attached hydrogen (secondary N) is 2. The van der Waals surface area contributed by atoms with Crippen LogP contribution in [0, 0.1) is 0 Å². The quantitative estimate of drug-likeness (QED) is 0.246. The zero-order valence-electron chi connectivity index (χ0n) is 16.5. The molecule has 0 aromatic heterocycles. The monoisotopic (exact) mass is 502 g/mol. The third-order valence-corrected chi connectivity index (χ3v) is 4.90. The molecule has 0 bridgehead atoms. The van der Waals surface area contributed by atoms with Gasteiger partial charge in [0.2, 0.25) is 5.91 Å². The summed E-state index contributed by atoms with van der Waals surface area (Å²) in [6.45, 7) is 3.94. The molecule has 0 radical (unpaired) electrons. The lowest BCUT2D eigenvalue weighted by Crippen LogP contribution is -2.44. The summed E-state index contributed by atoms with van der Waals surface area (Å²) in [5.74, 6) is 0.692. The molecular weight excluding hydrogens is 471 g/mol. The molecule has 2 N–H and O–H groups in total. The maximum absolute atomic E-state index is 12.5. The van der Waals surface area contributed by atoms with Crippen LogP contribution in [0.25, 0.3) is 0 Å². The Hall–Kier alpha value is -1.39. The number of aliphatic imine (C=N–C) groups is 1. The fourth-order valence-electron chi connectivity index (χ4n) is 3.44. The molecule has 156 valence electrons. The molecule has 2 aliphatic heterocycles. The van der Waals surface area contributed by atoms with Crippen molar-refractivity contribution in [2.45, 2.75) is 31.8 Å². The van der Waals surface area contributed by atoms with Crippen LogP contribution in [0.3, 0.4) is 0 Å². The van der Waals surface area contributed by atoms with E-state index in [9.17, 15) is 4.79 Å². The predicted molar refractivity (Wildman–Crippen MR) is 122 cm³/mol. The van der Waals surface area contributed by atoms with Crippen LogP contribution in [0.1, 0.15) is 24.8 Å². The van der Waals surface area contributed by atoms with Gasteiger partial charge in [-0.3, -0.25) is 9.79 Å². The molecule has 1 amide bonds. The van der Waals surface area contributed by atoms with Crippen molar-refractivity contribution in [1.29, 1.82) is 0 Å². The number of rotatable bonds is 8. The highest BCUT2D eigenvalue weighted by Crippen LogP contribution is 2.27. The van der Waals surface area contributed by atoms with Gasteiger partial charge in [-0.15, -0.1) is 24.0 Å². The van der Waals surface area contributed by atoms with Gasteiger partial charge < -0.3 is 25.0 Å². The minimum atomic E-state index is 0. The number of hydrogen-bond donors (Lipinski definition) is 2. The minimum Gasteiger partial charge on any atom is -0.379 e. The summed E-state index contributed by atoms with van der Waals surface area (Å²) in [5, 5.41) is 6.32. The topological polar surface area (TPSA) is 75.2 Å². The number of ether oxygens (including phenoxy) is 2. The lowest BCUT2D eigenvalue weighted by atomic mass is 10.2. The van der Waals surface area contributed by atoms with E-state index in [0.29, 0.717) is 19.2 Å². The summed E-state index contributed by atoms with van der Waals surface area (Å²) in [7, 11) is 1.71. The second kappa shape index (κ2) is 12.2. The van der Waals surface area contributed by atoms with Gasteiger partial charge in [0.05, 0.1) is 19.3 Å². The van der Waals surface area contributed by atoms with Crippen LogP contribution in [0.15, 0.2) is 29.3 Å². The number of hydrogen-bond acceptors (Lipinski definition) is 4. The lowest BCUT2D eigenvalue weighted by Gasteiger charge is -2.19. The Balaban J connectivity index is 0.00000280. The Morgan fingerprint density at radius 3 is 3.00 bits per heavy atom. The van der Waals surface area contributed by atoms with Crippen LogP contribution in [0.2, 0.25) is 0 Å². The van der Waals surface area contributed by atoms with Gasteiger partial charge in [-0.2, -0.15) is 0 Å². The number of anilines is 1. The second-order valence-electron chi connectivity index (χ2n) is 6.84. The largest absolute Gasteiger partial charge is 0.379 e. The molecule has 2 heterocycles. The lowest BCUT2D eigenvalue weighted by molar-refractivity contribution is -0.117. The average Bonchev–Trinajstić information content (AvgIpc) is 3.36. The van der Waals surface area contributed by atoms with E-state index in [1.807, 2.05) is 23.1 Å². The molecule has 3 rings (SSSR count). The Bertz CT molecular complexity index is 650. The van der Waals surface area contributed by atoms with Crippen molar-refractivity contribution in [2.75, 3.05) is 51.4 Å². The van der Waals surface area contributed by atoms with Crippen molar-refractivity contribution >= 4 is 41.5 Å². The summed E-state index contributed by atoms with van der Waals surface area (Å²) in [4.78, 5) is 18.5. The first kappa shape index (κ1) is 22.9. The maximum atomic E-state index is 12.5. The van der Waals surface area contributed by atoms with E-state index in [4.69, 9.17) is 9.47 Å². The standard InChI is InChI=1S/C20H30N4O3.HI/c1-21-20(22-10-5-12-26-15-17-7-4-13-27-17)23-14-19(25)24-11-9-16-6-2-3-8-18(16)24;/h2-3,6,8,17H,4-5,7,9-15H2,1H3,(H2,21,22,23);1H. The number of carbonyl (C=O) groups is 1. The highest BCUT2D eigenvalue weighted by atomic mass is 127. The first-order valence-corrected chi connectivity index (χ1v) is 9.80. The van der Waals surface area contributed by atoms with E-state index in [2.05, 4.69) is 21.7 Å². The Labute approximate surface area is 184 Å². The first-order valence-electron chi connectivity index (χ1n) is 9.80. The molecule has 1 unspecified atom stereocenters. The van der Waals surface area contributed by atoms with E-state index in [1.54, 1.807) is 7.05 Å². The van der Waals surface area contributed by atoms with E-state index in [0.717, 1.165) is 51.1 Å². The third-order valence-electron chi connectivity index (χ3n) is 4.90. The van der Waals surface area contributed by atoms with E-state index in [-0.39, 0.29) is 42.5 Å². The van der Waals surface area contributed by atoms with Crippen molar-refractivity contribution < 1.29 is 14.3 Å². The molecule has 1 aromatic carbocycles.